The first kappa shape index (κ1) is 14.9. The van der Waals surface area contributed by atoms with Gasteiger partial charge in [-0.25, -0.2) is 0 Å². The van der Waals surface area contributed by atoms with Crippen LogP contribution >= 0.6 is 0 Å². The minimum atomic E-state index is -0.853. The van der Waals surface area contributed by atoms with Crippen molar-refractivity contribution in [3.05, 3.63) is 30.0 Å². The Balaban J connectivity index is 2.09. The van der Waals surface area contributed by atoms with Gasteiger partial charge in [0.2, 0.25) is 0 Å². The number of carboxylic acids is 1. The number of fused-ring (bicyclic) bond motifs is 1. The van der Waals surface area contributed by atoms with E-state index in [1.165, 1.54) is 4.90 Å². The maximum absolute atomic E-state index is 12.3. The molecule has 0 aliphatic carbocycles. The molecule has 1 heterocycles. The SMILES string of the molecule is COc1ccc2[nH]c(C(=O)N(C)CCCC(=O)O)cc2c1. The van der Waals surface area contributed by atoms with Gasteiger partial charge < -0.3 is 19.7 Å². The van der Waals surface area contributed by atoms with Crippen molar-refractivity contribution in [2.75, 3.05) is 20.7 Å². The summed E-state index contributed by atoms with van der Waals surface area (Å²) in [6.07, 6.45) is 0.493. The number of ether oxygens (including phenoxy) is 1. The molecule has 0 atom stereocenters. The molecule has 6 nitrogen and oxygen atoms in total. The fourth-order valence-electron chi connectivity index (χ4n) is 2.13. The number of H-pyrrole nitrogens is 1. The van der Waals surface area contributed by atoms with E-state index in [-0.39, 0.29) is 12.3 Å². The van der Waals surface area contributed by atoms with Crippen molar-refractivity contribution in [2.24, 2.45) is 0 Å². The first-order valence-corrected chi connectivity index (χ1v) is 6.65. The van der Waals surface area contributed by atoms with E-state index >= 15 is 0 Å². The van der Waals surface area contributed by atoms with Crippen LogP contribution in [0.4, 0.5) is 0 Å². The van der Waals surface area contributed by atoms with Crippen LogP contribution in [-0.2, 0) is 4.79 Å². The molecule has 0 saturated heterocycles. The van der Waals surface area contributed by atoms with Gasteiger partial charge in [0.25, 0.3) is 5.91 Å². The maximum atomic E-state index is 12.3. The molecule has 0 aliphatic heterocycles. The van der Waals surface area contributed by atoms with Crippen molar-refractivity contribution in [3.8, 4) is 5.75 Å². The molecule has 0 bridgehead atoms. The Kier molecular flexibility index (Phi) is 4.47. The molecule has 6 heteroatoms. The van der Waals surface area contributed by atoms with Gasteiger partial charge in [-0.15, -0.1) is 0 Å². The van der Waals surface area contributed by atoms with E-state index in [9.17, 15) is 9.59 Å². The van der Waals surface area contributed by atoms with Crippen LogP contribution in [0.5, 0.6) is 5.75 Å². The summed E-state index contributed by atoms with van der Waals surface area (Å²) in [7, 11) is 3.26. The van der Waals surface area contributed by atoms with Gasteiger partial charge >= 0.3 is 5.97 Å². The Labute approximate surface area is 122 Å². The van der Waals surface area contributed by atoms with Gasteiger partial charge in [-0.3, -0.25) is 9.59 Å². The second-order valence-corrected chi connectivity index (χ2v) is 4.86. The van der Waals surface area contributed by atoms with Crippen molar-refractivity contribution in [1.82, 2.24) is 9.88 Å². The summed E-state index contributed by atoms with van der Waals surface area (Å²) in [6.45, 7) is 0.407. The highest BCUT2D eigenvalue weighted by Gasteiger charge is 2.14. The average Bonchev–Trinajstić information content (AvgIpc) is 2.88. The van der Waals surface area contributed by atoms with Gasteiger partial charge in [0.1, 0.15) is 11.4 Å². The normalized spacial score (nSPS) is 10.6. The van der Waals surface area contributed by atoms with Gasteiger partial charge in [-0.2, -0.15) is 0 Å². The molecule has 1 amide bonds. The maximum Gasteiger partial charge on any atom is 0.303 e. The van der Waals surface area contributed by atoms with Crippen molar-refractivity contribution in [2.45, 2.75) is 12.8 Å². The summed E-state index contributed by atoms with van der Waals surface area (Å²) < 4.78 is 5.15. The number of carboxylic acid groups (broad SMARTS) is 1. The number of aromatic amines is 1. The predicted octanol–water partition coefficient (Wildman–Crippen LogP) is 2.11. The quantitative estimate of drug-likeness (QED) is 0.853. The third-order valence-electron chi connectivity index (χ3n) is 3.29. The molecule has 0 fully saturated rings. The highest BCUT2D eigenvalue weighted by atomic mass is 16.5. The summed E-state index contributed by atoms with van der Waals surface area (Å²) in [5.74, 6) is -0.278. The lowest BCUT2D eigenvalue weighted by atomic mass is 10.2. The number of carbonyl (C=O) groups is 2. The molecule has 21 heavy (non-hydrogen) atoms. The Morgan fingerprint density at radius 3 is 2.76 bits per heavy atom. The highest BCUT2D eigenvalue weighted by Crippen LogP contribution is 2.22. The molecule has 2 rings (SSSR count). The van der Waals surface area contributed by atoms with Crippen LogP contribution in [-0.4, -0.2) is 47.6 Å². The molecule has 0 saturated carbocycles. The van der Waals surface area contributed by atoms with Crippen LogP contribution in [0, 0.1) is 0 Å². The Hall–Kier alpha value is -2.50. The Bertz CT molecular complexity index is 663. The molecule has 2 aromatic rings. The van der Waals surface area contributed by atoms with E-state index in [1.807, 2.05) is 18.2 Å². The van der Waals surface area contributed by atoms with Crippen LogP contribution in [0.1, 0.15) is 23.3 Å². The van der Waals surface area contributed by atoms with Crippen LogP contribution in [0.15, 0.2) is 24.3 Å². The molecule has 0 radical (unpaired) electrons. The minimum absolute atomic E-state index is 0.0571. The number of hydrogen-bond acceptors (Lipinski definition) is 3. The second-order valence-electron chi connectivity index (χ2n) is 4.86. The standard InChI is InChI=1S/C15H18N2O4/c1-17(7-3-4-14(18)19)15(20)13-9-10-8-11(21-2)5-6-12(10)16-13/h5-6,8-9,16H,3-4,7H2,1-2H3,(H,18,19). The topological polar surface area (TPSA) is 82.6 Å². The van der Waals surface area contributed by atoms with Crippen molar-refractivity contribution in [3.63, 3.8) is 0 Å². The molecule has 1 aromatic carbocycles. The number of nitrogens with zero attached hydrogens (tertiary/aromatic N) is 1. The zero-order chi connectivity index (χ0) is 15.4. The average molecular weight is 290 g/mol. The smallest absolute Gasteiger partial charge is 0.303 e. The lowest BCUT2D eigenvalue weighted by Crippen LogP contribution is -2.28. The molecular formula is C15H18N2O4. The molecule has 0 spiro atoms. The molecule has 2 N–H and O–H groups in total. The molecule has 0 aliphatic rings. The largest absolute Gasteiger partial charge is 0.497 e. The Morgan fingerprint density at radius 1 is 1.33 bits per heavy atom. The number of nitrogens with one attached hydrogen (secondary N) is 1. The number of hydrogen-bond donors (Lipinski definition) is 2. The van der Waals surface area contributed by atoms with Gasteiger partial charge in [0.15, 0.2) is 0 Å². The van der Waals surface area contributed by atoms with E-state index in [1.54, 1.807) is 20.2 Å². The van der Waals surface area contributed by atoms with Crippen molar-refractivity contribution >= 4 is 22.8 Å². The molecule has 0 unspecified atom stereocenters. The monoisotopic (exact) mass is 290 g/mol. The van der Waals surface area contributed by atoms with Crippen LogP contribution in [0.2, 0.25) is 0 Å². The zero-order valence-electron chi connectivity index (χ0n) is 12.0. The van der Waals surface area contributed by atoms with Gasteiger partial charge in [-0.05, 0) is 30.7 Å². The van der Waals surface area contributed by atoms with E-state index in [0.717, 1.165) is 16.7 Å². The summed E-state index contributed by atoms with van der Waals surface area (Å²) >= 11 is 0. The molecular weight excluding hydrogens is 272 g/mol. The lowest BCUT2D eigenvalue weighted by Gasteiger charge is -2.15. The van der Waals surface area contributed by atoms with E-state index in [0.29, 0.717) is 18.7 Å². The van der Waals surface area contributed by atoms with E-state index in [4.69, 9.17) is 9.84 Å². The number of rotatable bonds is 6. The number of benzene rings is 1. The first-order chi connectivity index (χ1) is 10.0. The summed E-state index contributed by atoms with van der Waals surface area (Å²) in [4.78, 5) is 27.3. The number of carbonyl (C=O) groups excluding carboxylic acids is 1. The second kappa shape index (κ2) is 6.30. The van der Waals surface area contributed by atoms with Gasteiger partial charge in [-0.1, -0.05) is 0 Å². The van der Waals surface area contributed by atoms with E-state index in [2.05, 4.69) is 4.98 Å². The van der Waals surface area contributed by atoms with Crippen LogP contribution < -0.4 is 4.74 Å². The third-order valence-corrected chi connectivity index (χ3v) is 3.29. The zero-order valence-corrected chi connectivity index (χ0v) is 12.0. The van der Waals surface area contributed by atoms with Crippen molar-refractivity contribution < 1.29 is 19.4 Å². The number of amides is 1. The summed E-state index contributed by atoms with van der Waals surface area (Å²) in [5, 5.41) is 9.50. The first-order valence-electron chi connectivity index (χ1n) is 6.65. The molecule has 1 aromatic heterocycles. The number of aliphatic carboxylic acids is 1. The Morgan fingerprint density at radius 2 is 2.10 bits per heavy atom. The third kappa shape index (κ3) is 3.53. The summed E-state index contributed by atoms with van der Waals surface area (Å²) in [6, 6.07) is 7.31. The molecule has 112 valence electrons. The minimum Gasteiger partial charge on any atom is -0.497 e. The number of methoxy groups -OCH3 is 1. The number of aromatic nitrogens is 1. The lowest BCUT2D eigenvalue weighted by molar-refractivity contribution is -0.137. The fraction of sp³-hybridized carbons (Fsp3) is 0.333. The van der Waals surface area contributed by atoms with Crippen LogP contribution in [0.25, 0.3) is 10.9 Å². The highest BCUT2D eigenvalue weighted by molar-refractivity contribution is 5.98. The summed E-state index contributed by atoms with van der Waals surface area (Å²) in [5.41, 5.74) is 1.34. The van der Waals surface area contributed by atoms with Crippen LogP contribution in [0.3, 0.4) is 0 Å². The van der Waals surface area contributed by atoms with Gasteiger partial charge in [0.05, 0.1) is 7.11 Å². The van der Waals surface area contributed by atoms with Gasteiger partial charge in [0, 0.05) is 30.9 Å². The predicted molar refractivity (Wildman–Crippen MR) is 78.7 cm³/mol. The fourth-order valence-corrected chi connectivity index (χ4v) is 2.13. The van der Waals surface area contributed by atoms with Crippen molar-refractivity contribution in [1.29, 1.82) is 0 Å². The van der Waals surface area contributed by atoms with E-state index < -0.39 is 5.97 Å².